The molecule has 4 nitrogen and oxygen atoms in total. The number of aromatic amines is 2. The summed E-state index contributed by atoms with van der Waals surface area (Å²) in [6, 6.07) is 9.21. The third-order valence-corrected chi connectivity index (χ3v) is 2.93. The van der Waals surface area contributed by atoms with Crippen molar-refractivity contribution in [1.29, 1.82) is 0 Å². The molecule has 0 aliphatic carbocycles. The van der Waals surface area contributed by atoms with E-state index in [-0.39, 0.29) is 0 Å². The minimum atomic E-state index is -0.484. The van der Waals surface area contributed by atoms with Crippen molar-refractivity contribution in [2.45, 2.75) is 16.8 Å². The summed E-state index contributed by atoms with van der Waals surface area (Å²) in [5.74, 6) is 0. The van der Waals surface area contributed by atoms with E-state index in [0.29, 0.717) is 5.03 Å². The predicted octanol–water partition coefficient (Wildman–Crippen LogP) is 1.52. The highest BCUT2D eigenvalue weighted by atomic mass is 32.2. The van der Waals surface area contributed by atoms with E-state index in [9.17, 15) is 9.59 Å². The van der Waals surface area contributed by atoms with Gasteiger partial charge in [0.2, 0.25) is 0 Å². The molecular formula is C11H10N2O2S. The Labute approximate surface area is 95.7 Å². The summed E-state index contributed by atoms with van der Waals surface area (Å²) in [4.78, 5) is 27.8. The van der Waals surface area contributed by atoms with Crippen LogP contribution in [0.1, 0.15) is 5.56 Å². The quantitative estimate of drug-likeness (QED) is 0.774. The second-order valence-corrected chi connectivity index (χ2v) is 4.48. The molecule has 0 saturated carbocycles. The maximum atomic E-state index is 11.1. The van der Waals surface area contributed by atoms with Crippen LogP contribution in [0.2, 0.25) is 0 Å². The molecule has 0 radical (unpaired) electrons. The fourth-order valence-corrected chi connectivity index (χ4v) is 2.07. The van der Waals surface area contributed by atoms with Crippen molar-refractivity contribution in [3.63, 3.8) is 0 Å². The Morgan fingerprint density at radius 3 is 2.38 bits per heavy atom. The van der Waals surface area contributed by atoms with Gasteiger partial charge in [-0.05, 0) is 19.1 Å². The summed E-state index contributed by atoms with van der Waals surface area (Å²) >= 11 is 1.35. The maximum Gasteiger partial charge on any atom is 0.326 e. The Bertz CT molecular complexity index is 570. The molecule has 0 spiro atoms. The second kappa shape index (κ2) is 4.40. The zero-order valence-electron chi connectivity index (χ0n) is 8.61. The van der Waals surface area contributed by atoms with E-state index in [1.807, 2.05) is 31.2 Å². The van der Waals surface area contributed by atoms with E-state index < -0.39 is 11.2 Å². The molecule has 0 aliphatic rings. The summed E-state index contributed by atoms with van der Waals surface area (Å²) in [5, 5.41) is 0.539. The number of aryl methyl sites for hydroxylation is 1. The van der Waals surface area contributed by atoms with E-state index in [0.717, 1.165) is 4.90 Å². The largest absolute Gasteiger partial charge is 0.326 e. The van der Waals surface area contributed by atoms with Gasteiger partial charge in [0.25, 0.3) is 5.56 Å². The van der Waals surface area contributed by atoms with Crippen LogP contribution in [0.5, 0.6) is 0 Å². The molecule has 0 saturated heterocycles. The van der Waals surface area contributed by atoms with Crippen molar-refractivity contribution in [2.75, 3.05) is 0 Å². The molecule has 82 valence electrons. The highest BCUT2D eigenvalue weighted by Crippen LogP contribution is 2.24. The molecule has 5 heteroatoms. The third kappa shape index (κ3) is 2.64. The van der Waals surface area contributed by atoms with E-state index >= 15 is 0 Å². The van der Waals surface area contributed by atoms with Gasteiger partial charge < -0.3 is 4.98 Å². The van der Waals surface area contributed by atoms with Gasteiger partial charge in [0, 0.05) is 11.0 Å². The lowest BCUT2D eigenvalue weighted by molar-refractivity contribution is 0.950. The molecule has 0 fully saturated rings. The normalized spacial score (nSPS) is 10.3. The fraction of sp³-hybridized carbons (Fsp3) is 0.0909. The molecule has 1 aromatic carbocycles. The van der Waals surface area contributed by atoms with Gasteiger partial charge in [0.05, 0.1) is 5.03 Å². The fourth-order valence-electron chi connectivity index (χ4n) is 1.23. The minimum Gasteiger partial charge on any atom is -0.302 e. The number of hydrogen-bond donors (Lipinski definition) is 2. The Morgan fingerprint density at radius 1 is 1.06 bits per heavy atom. The zero-order chi connectivity index (χ0) is 11.5. The maximum absolute atomic E-state index is 11.1. The Kier molecular flexibility index (Phi) is 2.96. The van der Waals surface area contributed by atoms with Crippen molar-refractivity contribution < 1.29 is 0 Å². The van der Waals surface area contributed by atoms with Gasteiger partial charge >= 0.3 is 5.69 Å². The van der Waals surface area contributed by atoms with Gasteiger partial charge in [0.1, 0.15) is 0 Å². The van der Waals surface area contributed by atoms with Gasteiger partial charge in [-0.2, -0.15) is 0 Å². The summed E-state index contributed by atoms with van der Waals surface area (Å²) in [7, 11) is 0. The first-order valence-corrected chi connectivity index (χ1v) is 5.53. The predicted molar refractivity (Wildman–Crippen MR) is 63.0 cm³/mol. The molecular weight excluding hydrogens is 224 g/mol. The standard InChI is InChI=1S/C11H10N2O2S/c1-7-2-4-8(5-3-7)16-10-6-9(14)12-11(15)13-10/h2-6H,1H3,(H2,12,13,14,15). The average Bonchev–Trinajstić information content (AvgIpc) is 2.20. The highest BCUT2D eigenvalue weighted by molar-refractivity contribution is 7.99. The van der Waals surface area contributed by atoms with Gasteiger partial charge in [-0.15, -0.1) is 0 Å². The number of rotatable bonds is 2. The molecule has 2 rings (SSSR count). The molecule has 0 bridgehead atoms. The van der Waals surface area contributed by atoms with Crippen LogP contribution in [-0.2, 0) is 0 Å². The Hall–Kier alpha value is -1.75. The van der Waals surface area contributed by atoms with Crippen molar-refractivity contribution in [1.82, 2.24) is 9.97 Å². The number of nitrogens with one attached hydrogen (secondary N) is 2. The van der Waals surface area contributed by atoms with Crippen LogP contribution in [0.25, 0.3) is 0 Å². The van der Waals surface area contributed by atoms with Crippen molar-refractivity contribution >= 4 is 11.8 Å². The van der Waals surface area contributed by atoms with E-state index in [2.05, 4.69) is 9.97 Å². The lowest BCUT2D eigenvalue weighted by Crippen LogP contribution is -2.21. The van der Waals surface area contributed by atoms with Gasteiger partial charge in [-0.1, -0.05) is 29.5 Å². The topological polar surface area (TPSA) is 65.7 Å². The van der Waals surface area contributed by atoms with Crippen LogP contribution < -0.4 is 11.2 Å². The van der Waals surface area contributed by atoms with Crippen LogP contribution in [0.3, 0.4) is 0 Å². The van der Waals surface area contributed by atoms with Crippen LogP contribution in [-0.4, -0.2) is 9.97 Å². The van der Waals surface area contributed by atoms with Gasteiger partial charge in [0.15, 0.2) is 0 Å². The lowest BCUT2D eigenvalue weighted by atomic mass is 10.2. The molecule has 2 aromatic rings. The molecule has 2 N–H and O–H groups in total. The second-order valence-electron chi connectivity index (χ2n) is 3.37. The van der Waals surface area contributed by atoms with Crippen LogP contribution in [0.4, 0.5) is 0 Å². The van der Waals surface area contributed by atoms with E-state index in [4.69, 9.17) is 0 Å². The number of H-pyrrole nitrogens is 2. The smallest absolute Gasteiger partial charge is 0.302 e. The van der Waals surface area contributed by atoms with Crippen LogP contribution in [0, 0.1) is 6.92 Å². The first kappa shape index (κ1) is 10.8. The van der Waals surface area contributed by atoms with Gasteiger partial charge in [-0.3, -0.25) is 9.78 Å². The van der Waals surface area contributed by atoms with Crippen LogP contribution in [0.15, 0.2) is 49.8 Å². The zero-order valence-corrected chi connectivity index (χ0v) is 9.43. The molecule has 0 unspecified atom stereocenters. The minimum absolute atomic E-state index is 0.390. The summed E-state index contributed by atoms with van der Waals surface area (Å²) in [5.41, 5.74) is 0.296. The Morgan fingerprint density at radius 2 is 1.75 bits per heavy atom. The first-order chi connectivity index (χ1) is 7.63. The number of hydrogen-bond acceptors (Lipinski definition) is 3. The van der Waals surface area contributed by atoms with Crippen molar-refractivity contribution in [2.24, 2.45) is 0 Å². The van der Waals surface area contributed by atoms with Crippen molar-refractivity contribution in [3.05, 3.63) is 56.7 Å². The Balaban J connectivity index is 2.30. The highest BCUT2D eigenvalue weighted by Gasteiger charge is 1.99. The monoisotopic (exact) mass is 234 g/mol. The molecule has 0 aliphatic heterocycles. The SMILES string of the molecule is Cc1ccc(Sc2cc(=O)[nH]c(=O)[nH]2)cc1. The summed E-state index contributed by atoms with van der Waals surface area (Å²) < 4.78 is 0. The third-order valence-electron chi connectivity index (χ3n) is 1.98. The summed E-state index contributed by atoms with van der Waals surface area (Å²) in [6.07, 6.45) is 0. The average molecular weight is 234 g/mol. The molecule has 1 heterocycles. The van der Waals surface area contributed by atoms with E-state index in [1.165, 1.54) is 23.4 Å². The molecule has 16 heavy (non-hydrogen) atoms. The van der Waals surface area contributed by atoms with Crippen molar-refractivity contribution in [3.8, 4) is 0 Å². The lowest BCUT2D eigenvalue weighted by Gasteiger charge is -2.00. The number of aromatic nitrogens is 2. The summed E-state index contributed by atoms with van der Waals surface area (Å²) in [6.45, 7) is 2.00. The van der Waals surface area contributed by atoms with Crippen LogP contribution >= 0.6 is 11.8 Å². The number of benzene rings is 1. The molecule has 1 aromatic heterocycles. The molecule has 0 amide bonds. The van der Waals surface area contributed by atoms with E-state index in [1.54, 1.807) is 0 Å². The molecule has 0 atom stereocenters. The van der Waals surface area contributed by atoms with Gasteiger partial charge in [-0.25, -0.2) is 4.79 Å². The first-order valence-electron chi connectivity index (χ1n) is 4.72.